The summed E-state index contributed by atoms with van der Waals surface area (Å²) in [4.78, 5) is 21.0. The average Bonchev–Trinajstić information content (AvgIpc) is 3.17. The molecule has 174 valence electrons. The molecule has 7 nitrogen and oxygen atoms in total. The van der Waals surface area contributed by atoms with Crippen molar-refractivity contribution in [1.82, 2.24) is 20.4 Å². The Labute approximate surface area is 207 Å². The Bertz CT molecular complexity index is 715. The number of amides is 1. The summed E-state index contributed by atoms with van der Waals surface area (Å²) in [6, 6.07) is 8.21. The first-order valence-electron chi connectivity index (χ1n) is 11.0. The van der Waals surface area contributed by atoms with E-state index in [0.717, 1.165) is 76.3 Å². The lowest BCUT2D eigenvalue weighted by atomic mass is 10.0. The number of halogens is 2. The zero-order valence-corrected chi connectivity index (χ0v) is 21.4. The number of likely N-dealkylation sites (tertiary alicyclic amines) is 1. The van der Waals surface area contributed by atoms with Crippen molar-refractivity contribution in [3.05, 3.63) is 34.9 Å². The molecular formula is C22H35ClIN5O2. The van der Waals surface area contributed by atoms with Crippen LogP contribution in [0.25, 0.3) is 0 Å². The van der Waals surface area contributed by atoms with Crippen molar-refractivity contribution in [1.29, 1.82) is 0 Å². The Kier molecular flexibility index (Phi) is 11.9. The van der Waals surface area contributed by atoms with E-state index in [4.69, 9.17) is 21.3 Å². The van der Waals surface area contributed by atoms with Gasteiger partial charge in [0.1, 0.15) is 0 Å². The van der Waals surface area contributed by atoms with E-state index in [1.807, 2.05) is 23.1 Å². The molecule has 0 aliphatic carbocycles. The van der Waals surface area contributed by atoms with Crippen LogP contribution in [0.5, 0.6) is 0 Å². The molecule has 1 aromatic carbocycles. The number of ether oxygens (including phenoxy) is 1. The first kappa shape index (κ1) is 26.2. The van der Waals surface area contributed by atoms with Crippen LogP contribution in [0.15, 0.2) is 29.3 Å². The van der Waals surface area contributed by atoms with Crippen LogP contribution < -0.4 is 10.6 Å². The van der Waals surface area contributed by atoms with Gasteiger partial charge in [-0.1, -0.05) is 23.7 Å². The number of hydrogen-bond donors (Lipinski definition) is 2. The highest BCUT2D eigenvalue weighted by Gasteiger charge is 2.23. The van der Waals surface area contributed by atoms with Crippen molar-refractivity contribution in [2.45, 2.75) is 32.2 Å². The maximum atomic E-state index is 11.7. The summed E-state index contributed by atoms with van der Waals surface area (Å²) < 4.78 is 5.53. The lowest BCUT2D eigenvalue weighted by Gasteiger charge is -2.34. The predicted molar refractivity (Wildman–Crippen MR) is 136 cm³/mol. The molecule has 0 aromatic heterocycles. The molecule has 1 atom stereocenters. The molecule has 0 radical (unpaired) electrons. The minimum atomic E-state index is 0. The highest BCUT2D eigenvalue weighted by atomic mass is 127. The maximum absolute atomic E-state index is 11.7. The molecule has 2 aliphatic rings. The van der Waals surface area contributed by atoms with Crippen molar-refractivity contribution < 1.29 is 9.53 Å². The Balaban J connectivity index is 0.00000341. The summed E-state index contributed by atoms with van der Waals surface area (Å²) in [6.45, 7) is 9.27. The third-order valence-electron chi connectivity index (χ3n) is 5.56. The number of hydrogen-bond acceptors (Lipinski definition) is 4. The number of benzene rings is 1. The fraction of sp³-hybridized carbons (Fsp3) is 0.636. The first-order valence-corrected chi connectivity index (χ1v) is 11.4. The maximum Gasteiger partial charge on any atom is 0.222 e. The molecular weight excluding hydrogens is 529 g/mol. The van der Waals surface area contributed by atoms with Gasteiger partial charge in [-0.2, -0.15) is 0 Å². The van der Waals surface area contributed by atoms with Crippen molar-refractivity contribution in [2.24, 2.45) is 4.99 Å². The van der Waals surface area contributed by atoms with Crippen LogP contribution in [0.4, 0.5) is 0 Å². The largest absolute Gasteiger partial charge is 0.379 e. The molecule has 0 saturated carbocycles. The number of carbonyl (C=O) groups excluding carboxylic acids is 1. The van der Waals surface area contributed by atoms with E-state index in [1.165, 1.54) is 5.56 Å². The second-order valence-electron chi connectivity index (χ2n) is 7.70. The van der Waals surface area contributed by atoms with Crippen molar-refractivity contribution >= 4 is 47.4 Å². The van der Waals surface area contributed by atoms with Crippen LogP contribution in [0.2, 0.25) is 5.02 Å². The highest BCUT2D eigenvalue weighted by molar-refractivity contribution is 14.0. The van der Waals surface area contributed by atoms with Gasteiger partial charge in [-0.25, -0.2) is 0 Å². The minimum Gasteiger partial charge on any atom is -0.379 e. The van der Waals surface area contributed by atoms with Gasteiger partial charge in [0.2, 0.25) is 5.91 Å². The number of guanidine groups is 1. The van der Waals surface area contributed by atoms with Crippen LogP contribution in [-0.2, 0) is 9.53 Å². The summed E-state index contributed by atoms with van der Waals surface area (Å²) >= 11 is 6.26. The van der Waals surface area contributed by atoms with E-state index in [2.05, 4.69) is 28.5 Å². The van der Waals surface area contributed by atoms with E-state index in [9.17, 15) is 4.79 Å². The Morgan fingerprint density at radius 1 is 1.26 bits per heavy atom. The molecule has 2 fully saturated rings. The zero-order valence-electron chi connectivity index (χ0n) is 18.3. The number of carbonyl (C=O) groups is 1. The SMILES string of the molecule is CCNC(=NCC(c1cccc(Cl)c1)N1CCOCC1)NCCCN1CCCC1=O.I. The van der Waals surface area contributed by atoms with Gasteiger partial charge in [0.25, 0.3) is 0 Å². The fourth-order valence-electron chi connectivity index (χ4n) is 3.97. The molecule has 2 saturated heterocycles. The van der Waals surface area contributed by atoms with Gasteiger partial charge in [0.05, 0.1) is 25.8 Å². The molecule has 31 heavy (non-hydrogen) atoms. The summed E-state index contributed by atoms with van der Waals surface area (Å²) in [5, 5.41) is 7.49. The zero-order chi connectivity index (χ0) is 21.2. The number of rotatable bonds is 9. The second-order valence-corrected chi connectivity index (χ2v) is 8.14. The third-order valence-corrected chi connectivity index (χ3v) is 5.79. The molecule has 0 bridgehead atoms. The van der Waals surface area contributed by atoms with Gasteiger partial charge in [-0.05, 0) is 37.5 Å². The highest BCUT2D eigenvalue weighted by Crippen LogP contribution is 2.24. The molecule has 1 aromatic rings. The Hall–Kier alpha value is -1.10. The van der Waals surface area contributed by atoms with Crippen LogP contribution in [0.3, 0.4) is 0 Å². The second kappa shape index (κ2) is 14.1. The topological polar surface area (TPSA) is 69.2 Å². The van der Waals surface area contributed by atoms with Crippen molar-refractivity contribution in [3.63, 3.8) is 0 Å². The van der Waals surface area contributed by atoms with E-state index in [-0.39, 0.29) is 35.9 Å². The molecule has 0 spiro atoms. The summed E-state index contributed by atoms with van der Waals surface area (Å²) in [6.07, 6.45) is 2.60. The van der Waals surface area contributed by atoms with Crippen LogP contribution in [0.1, 0.15) is 37.8 Å². The average molecular weight is 564 g/mol. The standard InChI is InChI=1S/C22H34ClN5O2.HI/c1-2-24-22(25-9-5-11-28-10-4-8-21(28)29)26-17-20(27-12-14-30-15-13-27)18-6-3-7-19(23)16-18;/h3,6-7,16,20H,2,4-5,8-15,17H2,1H3,(H2,24,25,26);1H. The van der Waals surface area contributed by atoms with Crippen LogP contribution in [-0.4, -0.2) is 80.7 Å². The lowest BCUT2D eigenvalue weighted by molar-refractivity contribution is -0.127. The quantitative estimate of drug-likeness (QED) is 0.209. The molecule has 2 N–H and O–H groups in total. The number of nitrogens with zero attached hydrogens (tertiary/aromatic N) is 3. The smallest absolute Gasteiger partial charge is 0.222 e. The Morgan fingerprint density at radius 2 is 2.06 bits per heavy atom. The minimum absolute atomic E-state index is 0. The van der Waals surface area contributed by atoms with Gasteiger partial charge < -0.3 is 20.3 Å². The van der Waals surface area contributed by atoms with Crippen molar-refractivity contribution in [3.8, 4) is 0 Å². The van der Waals surface area contributed by atoms with Gasteiger partial charge in [0.15, 0.2) is 5.96 Å². The normalized spacial score (nSPS) is 18.6. The molecule has 2 aliphatic heterocycles. The summed E-state index contributed by atoms with van der Waals surface area (Å²) in [5.74, 6) is 1.09. The lowest BCUT2D eigenvalue weighted by Crippen LogP contribution is -2.42. The summed E-state index contributed by atoms with van der Waals surface area (Å²) in [7, 11) is 0. The Morgan fingerprint density at radius 3 is 2.74 bits per heavy atom. The van der Waals surface area contributed by atoms with E-state index >= 15 is 0 Å². The van der Waals surface area contributed by atoms with Crippen LogP contribution in [0, 0.1) is 0 Å². The van der Waals surface area contributed by atoms with Gasteiger partial charge in [-0.3, -0.25) is 14.7 Å². The van der Waals surface area contributed by atoms with Gasteiger partial charge in [-0.15, -0.1) is 24.0 Å². The first-order chi connectivity index (χ1) is 14.7. The van der Waals surface area contributed by atoms with E-state index < -0.39 is 0 Å². The van der Waals surface area contributed by atoms with Gasteiger partial charge in [0, 0.05) is 50.7 Å². The number of nitrogens with one attached hydrogen (secondary N) is 2. The fourth-order valence-corrected chi connectivity index (χ4v) is 4.17. The van der Waals surface area contributed by atoms with Crippen LogP contribution >= 0.6 is 35.6 Å². The summed E-state index contributed by atoms with van der Waals surface area (Å²) in [5.41, 5.74) is 1.18. The monoisotopic (exact) mass is 563 g/mol. The van der Waals surface area contributed by atoms with Gasteiger partial charge >= 0.3 is 0 Å². The third kappa shape index (κ3) is 8.40. The predicted octanol–water partition coefficient (Wildman–Crippen LogP) is 2.90. The molecule has 1 unspecified atom stereocenters. The van der Waals surface area contributed by atoms with E-state index in [0.29, 0.717) is 13.0 Å². The van der Waals surface area contributed by atoms with Crippen molar-refractivity contribution in [2.75, 3.05) is 59.0 Å². The van der Waals surface area contributed by atoms with E-state index in [1.54, 1.807) is 0 Å². The molecule has 3 rings (SSSR count). The molecule has 9 heteroatoms. The number of morpholine rings is 1. The molecule has 1 amide bonds. The number of aliphatic imine (C=N–C) groups is 1. The molecule has 2 heterocycles.